The van der Waals surface area contributed by atoms with Gasteiger partial charge in [0.1, 0.15) is 0 Å². The summed E-state index contributed by atoms with van der Waals surface area (Å²) in [5.74, 6) is 0. The molecule has 0 N–H and O–H groups in total. The zero-order valence-electron chi connectivity index (χ0n) is 20.1. The molecule has 0 unspecified atom stereocenters. The van der Waals surface area contributed by atoms with Crippen molar-refractivity contribution in [3.8, 4) is 11.1 Å². The summed E-state index contributed by atoms with van der Waals surface area (Å²) in [7, 11) is 7.69. The summed E-state index contributed by atoms with van der Waals surface area (Å²) < 4.78 is 1.68. The van der Waals surface area contributed by atoms with E-state index < -0.39 is 0 Å². The van der Waals surface area contributed by atoms with Crippen LogP contribution in [0.15, 0.2) is 29.2 Å². The molecule has 0 aliphatic heterocycles. The quantitative estimate of drug-likeness (QED) is 0.566. The van der Waals surface area contributed by atoms with Gasteiger partial charge in [-0.25, -0.2) is 0 Å². The fraction of sp³-hybridized carbons (Fsp3) is 0.577. The molecule has 1 aliphatic rings. The van der Waals surface area contributed by atoms with Gasteiger partial charge in [0.15, 0.2) is 7.98 Å². The number of hydrogen-bond donors (Lipinski definition) is 0. The summed E-state index contributed by atoms with van der Waals surface area (Å²) in [5, 5.41) is 0. The topological polar surface area (TPSA) is 25.2 Å². The van der Waals surface area contributed by atoms with Crippen LogP contribution in [0.25, 0.3) is 11.1 Å². The predicted molar refractivity (Wildman–Crippen MR) is 130 cm³/mol. The van der Waals surface area contributed by atoms with E-state index >= 15 is 0 Å². The lowest BCUT2D eigenvalue weighted by Crippen LogP contribution is -2.35. The van der Waals surface area contributed by atoms with Crippen LogP contribution >= 0.6 is 0 Å². The van der Waals surface area contributed by atoms with Crippen LogP contribution in [0.4, 0.5) is 0 Å². The summed E-state index contributed by atoms with van der Waals surface area (Å²) >= 11 is 0. The first kappa shape index (κ1) is 24.5. The Morgan fingerprint density at radius 2 is 1.67 bits per heavy atom. The third kappa shape index (κ3) is 5.27. The van der Waals surface area contributed by atoms with E-state index in [-0.39, 0.29) is 5.56 Å². The molecule has 1 saturated carbocycles. The lowest BCUT2D eigenvalue weighted by atomic mass is 9.94. The molecular formula is C26H39BN2O. The first-order chi connectivity index (χ1) is 14.2. The lowest BCUT2D eigenvalue weighted by molar-refractivity contribution is 0.307. The molecule has 0 atom stereocenters. The minimum atomic E-state index is 0.0899. The first-order valence-corrected chi connectivity index (χ1v) is 11.6. The largest absolute Gasteiger partial charge is 0.348 e. The fourth-order valence-corrected chi connectivity index (χ4v) is 4.20. The summed E-state index contributed by atoms with van der Waals surface area (Å²) in [6.45, 7) is 13.8. The van der Waals surface area contributed by atoms with E-state index in [2.05, 4.69) is 45.9 Å². The van der Waals surface area contributed by atoms with Gasteiger partial charge in [-0.1, -0.05) is 45.9 Å². The second-order valence-electron chi connectivity index (χ2n) is 8.67. The normalized spacial score (nSPS) is 14.4. The van der Waals surface area contributed by atoms with Crippen LogP contribution in [0.2, 0.25) is 0 Å². The van der Waals surface area contributed by atoms with Crippen molar-refractivity contribution >= 4 is 7.98 Å². The van der Waals surface area contributed by atoms with E-state index in [1.807, 2.05) is 31.9 Å². The maximum atomic E-state index is 12.0. The van der Waals surface area contributed by atoms with Crippen molar-refractivity contribution in [1.29, 1.82) is 0 Å². The van der Waals surface area contributed by atoms with Crippen molar-refractivity contribution in [1.82, 2.24) is 9.38 Å². The van der Waals surface area contributed by atoms with Crippen LogP contribution in [-0.4, -0.2) is 29.4 Å². The Hall–Kier alpha value is -1.81. The van der Waals surface area contributed by atoms with E-state index in [9.17, 15) is 4.79 Å². The summed E-state index contributed by atoms with van der Waals surface area (Å²) in [6.07, 6.45) is 9.04. The van der Waals surface area contributed by atoms with Crippen LogP contribution in [0.5, 0.6) is 0 Å². The van der Waals surface area contributed by atoms with Crippen molar-refractivity contribution in [2.45, 2.75) is 85.6 Å². The third-order valence-electron chi connectivity index (χ3n) is 6.77. The van der Waals surface area contributed by atoms with Gasteiger partial charge < -0.3 is 9.38 Å². The Labute approximate surface area is 184 Å². The number of aryl methyl sites for hydroxylation is 3. The van der Waals surface area contributed by atoms with Gasteiger partial charge in [0.25, 0.3) is 5.56 Å². The van der Waals surface area contributed by atoms with Crippen LogP contribution in [-0.2, 0) is 19.9 Å². The van der Waals surface area contributed by atoms with E-state index in [0.29, 0.717) is 5.54 Å². The number of aromatic nitrogens is 1. The van der Waals surface area contributed by atoms with E-state index in [1.165, 1.54) is 36.0 Å². The molecule has 30 heavy (non-hydrogen) atoms. The van der Waals surface area contributed by atoms with Gasteiger partial charge in [0.2, 0.25) is 0 Å². The molecule has 0 bridgehead atoms. The van der Waals surface area contributed by atoms with Gasteiger partial charge in [-0.2, -0.15) is 0 Å². The molecule has 3 rings (SSSR count). The molecule has 0 amide bonds. The Bertz CT molecular complexity index is 912. The number of benzene rings is 1. The number of pyridine rings is 1. The highest BCUT2D eigenvalue weighted by molar-refractivity contribution is 6.05. The molecular weight excluding hydrogens is 367 g/mol. The number of rotatable bonds is 7. The van der Waals surface area contributed by atoms with Crippen LogP contribution in [0, 0.1) is 13.8 Å². The van der Waals surface area contributed by atoms with Crippen LogP contribution in [0.1, 0.15) is 75.6 Å². The SMILES string of the molecule is CCc1ccc(-c2cn(C)c(=O)c(C)c2C)cc1CC.[B]N(CCC)C1(CC)CC1. The summed E-state index contributed by atoms with van der Waals surface area (Å²) in [5.41, 5.74) is 7.59. The maximum Gasteiger partial charge on any atom is 0.253 e. The molecule has 1 aromatic heterocycles. The second kappa shape index (κ2) is 10.5. The number of nitrogens with zero attached hydrogens (tertiary/aromatic N) is 2. The van der Waals surface area contributed by atoms with Gasteiger partial charge in [-0.05, 0) is 81.2 Å². The van der Waals surface area contributed by atoms with Crippen LogP contribution < -0.4 is 5.56 Å². The smallest absolute Gasteiger partial charge is 0.253 e. The molecule has 0 spiro atoms. The average Bonchev–Trinajstić information content (AvgIpc) is 3.56. The Kier molecular flexibility index (Phi) is 8.55. The molecule has 1 heterocycles. The van der Waals surface area contributed by atoms with Gasteiger partial charge in [-0.15, -0.1) is 0 Å². The zero-order valence-corrected chi connectivity index (χ0v) is 20.1. The van der Waals surface area contributed by atoms with Gasteiger partial charge >= 0.3 is 0 Å². The first-order valence-electron chi connectivity index (χ1n) is 11.6. The van der Waals surface area contributed by atoms with E-state index in [0.717, 1.165) is 42.5 Å². The highest BCUT2D eigenvalue weighted by atomic mass is 16.1. The van der Waals surface area contributed by atoms with Gasteiger partial charge in [0, 0.05) is 29.9 Å². The molecule has 1 aliphatic carbocycles. The van der Waals surface area contributed by atoms with Gasteiger partial charge in [0.05, 0.1) is 0 Å². The minimum Gasteiger partial charge on any atom is -0.348 e. The average molecular weight is 406 g/mol. The summed E-state index contributed by atoms with van der Waals surface area (Å²) in [4.78, 5) is 14.0. The van der Waals surface area contributed by atoms with Crippen molar-refractivity contribution in [2.75, 3.05) is 6.54 Å². The monoisotopic (exact) mass is 406 g/mol. The Morgan fingerprint density at radius 3 is 2.17 bits per heavy atom. The molecule has 1 fully saturated rings. The zero-order chi connectivity index (χ0) is 22.5. The highest BCUT2D eigenvalue weighted by Crippen LogP contribution is 2.43. The van der Waals surface area contributed by atoms with Crippen molar-refractivity contribution in [2.24, 2.45) is 7.05 Å². The Morgan fingerprint density at radius 1 is 1.03 bits per heavy atom. The molecule has 4 heteroatoms. The van der Waals surface area contributed by atoms with E-state index in [4.69, 9.17) is 7.98 Å². The maximum absolute atomic E-state index is 12.0. The molecule has 3 nitrogen and oxygen atoms in total. The standard InChI is InChI=1S/C18H23NO.C8H16BN/c1-6-14-8-9-16(10-15(14)7-2)17-11-19(5)18(20)13(4)12(17)3;1-3-7-10(9)8(4-2)5-6-8/h8-11H,6-7H2,1-5H3;3-7H2,1-2H3. The Balaban J connectivity index is 0.000000269. The third-order valence-corrected chi connectivity index (χ3v) is 6.77. The van der Waals surface area contributed by atoms with Crippen molar-refractivity contribution in [3.05, 3.63) is 57.0 Å². The molecule has 0 saturated heterocycles. The molecule has 162 valence electrons. The molecule has 1 aromatic carbocycles. The molecule has 2 aromatic rings. The fourth-order valence-electron chi connectivity index (χ4n) is 4.20. The van der Waals surface area contributed by atoms with Crippen molar-refractivity contribution < 1.29 is 0 Å². The second-order valence-corrected chi connectivity index (χ2v) is 8.67. The van der Waals surface area contributed by atoms with Crippen molar-refractivity contribution in [3.63, 3.8) is 0 Å². The number of hydrogen-bond acceptors (Lipinski definition) is 2. The van der Waals surface area contributed by atoms with Gasteiger partial charge in [-0.3, -0.25) is 4.79 Å². The van der Waals surface area contributed by atoms with Crippen LogP contribution in [0.3, 0.4) is 0 Å². The molecule has 2 radical (unpaired) electrons. The highest BCUT2D eigenvalue weighted by Gasteiger charge is 2.43. The predicted octanol–water partition coefficient (Wildman–Crippen LogP) is 5.52. The lowest BCUT2D eigenvalue weighted by Gasteiger charge is -2.26. The minimum absolute atomic E-state index is 0.0899. The summed E-state index contributed by atoms with van der Waals surface area (Å²) in [6, 6.07) is 6.66. The van der Waals surface area contributed by atoms with E-state index in [1.54, 1.807) is 4.57 Å².